The standard InChI is InChI=1S/C21H29N3O3S/c1-21(10-5-12-24(21)2)11-13-28(26,27)23-20(25)22-19-17-8-3-6-15(17)14-16-7-4-9-18(16)19/h11,13-14H,3-10,12H2,1-2H3,(H2,22,23,25)/b13-11+/t21-/m0/s1/i2D. The van der Waals surface area contributed by atoms with E-state index in [4.69, 9.17) is 1.37 Å². The third-order valence-corrected chi connectivity index (χ3v) is 7.35. The van der Waals surface area contributed by atoms with Crippen molar-refractivity contribution in [2.75, 3.05) is 18.9 Å². The molecule has 1 saturated heterocycles. The van der Waals surface area contributed by atoms with Gasteiger partial charge in [0.2, 0.25) is 0 Å². The summed E-state index contributed by atoms with van der Waals surface area (Å²) in [4.78, 5) is 14.5. The lowest BCUT2D eigenvalue weighted by Gasteiger charge is -2.28. The van der Waals surface area contributed by atoms with Gasteiger partial charge in [0.25, 0.3) is 10.0 Å². The number of amides is 2. The van der Waals surface area contributed by atoms with E-state index in [-0.39, 0.29) is 7.02 Å². The number of carbonyl (C=O) groups excluding carboxylic acids is 1. The predicted octanol–water partition coefficient (Wildman–Crippen LogP) is 3.11. The summed E-state index contributed by atoms with van der Waals surface area (Å²) >= 11 is 0. The van der Waals surface area contributed by atoms with E-state index in [0.29, 0.717) is 0 Å². The summed E-state index contributed by atoms with van der Waals surface area (Å²) in [6, 6.07) is 1.56. The molecule has 152 valence electrons. The molecule has 2 aliphatic carbocycles. The Morgan fingerprint density at radius 3 is 2.50 bits per heavy atom. The average Bonchev–Trinajstić information content (AvgIpc) is 3.39. The zero-order valence-corrected chi connectivity index (χ0v) is 17.2. The molecule has 0 radical (unpaired) electrons. The topological polar surface area (TPSA) is 78.5 Å². The Labute approximate surface area is 168 Å². The van der Waals surface area contributed by atoms with E-state index in [1.54, 1.807) is 6.08 Å². The molecule has 2 N–H and O–H groups in total. The van der Waals surface area contributed by atoms with Gasteiger partial charge >= 0.3 is 6.03 Å². The van der Waals surface area contributed by atoms with Gasteiger partial charge in [-0.1, -0.05) is 12.1 Å². The minimum Gasteiger partial charge on any atom is -0.307 e. The highest BCUT2D eigenvalue weighted by molar-refractivity contribution is 7.92. The van der Waals surface area contributed by atoms with Crippen LogP contribution >= 0.6 is 0 Å². The molecule has 0 bridgehead atoms. The lowest BCUT2D eigenvalue weighted by Crippen LogP contribution is -2.37. The van der Waals surface area contributed by atoms with Crippen molar-refractivity contribution in [2.24, 2.45) is 0 Å². The molecule has 1 aromatic rings. The van der Waals surface area contributed by atoms with Gasteiger partial charge in [-0.15, -0.1) is 0 Å². The predicted molar refractivity (Wildman–Crippen MR) is 111 cm³/mol. The van der Waals surface area contributed by atoms with Crippen LogP contribution in [-0.4, -0.2) is 38.5 Å². The number of hydrogen-bond donors (Lipinski definition) is 2. The number of sulfonamides is 1. The molecule has 1 atom stereocenters. The summed E-state index contributed by atoms with van der Waals surface area (Å²) in [6.45, 7) is 2.71. The molecule has 1 heterocycles. The molecule has 1 aliphatic heterocycles. The van der Waals surface area contributed by atoms with Crippen LogP contribution in [0.2, 0.25) is 0 Å². The highest BCUT2D eigenvalue weighted by atomic mass is 32.2. The molecule has 0 saturated carbocycles. The van der Waals surface area contributed by atoms with Crippen molar-refractivity contribution in [3.63, 3.8) is 0 Å². The number of likely N-dealkylation sites (tertiary alicyclic amines) is 1. The summed E-state index contributed by atoms with van der Waals surface area (Å²) in [7, 11) is -3.79. The number of carbonyl (C=O) groups is 1. The largest absolute Gasteiger partial charge is 0.333 e. The first-order valence-electron chi connectivity index (χ1n) is 10.8. The first-order chi connectivity index (χ1) is 13.8. The van der Waals surface area contributed by atoms with Gasteiger partial charge in [-0.3, -0.25) is 4.90 Å². The van der Waals surface area contributed by atoms with Gasteiger partial charge < -0.3 is 5.32 Å². The number of aryl methyl sites for hydroxylation is 2. The third kappa shape index (κ3) is 3.70. The van der Waals surface area contributed by atoms with Crippen molar-refractivity contribution in [3.8, 4) is 0 Å². The monoisotopic (exact) mass is 404 g/mol. The van der Waals surface area contributed by atoms with Gasteiger partial charge in [-0.05, 0) is 94.1 Å². The number of rotatable bonds is 4. The smallest absolute Gasteiger partial charge is 0.307 e. The lowest BCUT2D eigenvalue weighted by atomic mass is 9.99. The number of hydrogen-bond acceptors (Lipinski definition) is 4. The van der Waals surface area contributed by atoms with Crippen LogP contribution in [0.3, 0.4) is 0 Å². The second kappa shape index (κ2) is 7.19. The Bertz CT molecular complexity index is 928. The number of urea groups is 1. The summed E-state index contributed by atoms with van der Waals surface area (Å²) in [6.07, 6.45) is 9.35. The maximum absolute atomic E-state index is 12.5. The molecular weight excluding hydrogens is 374 g/mol. The molecule has 7 heteroatoms. The van der Waals surface area contributed by atoms with Gasteiger partial charge in [0.15, 0.2) is 0 Å². The van der Waals surface area contributed by atoms with E-state index < -0.39 is 21.6 Å². The molecule has 2 amide bonds. The third-order valence-electron chi connectivity index (χ3n) is 6.39. The molecule has 4 rings (SSSR count). The minimum atomic E-state index is -3.92. The summed E-state index contributed by atoms with van der Waals surface area (Å²) in [5.41, 5.74) is 5.26. The Kier molecular flexibility index (Phi) is 4.67. The first-order valence-corrected chi connectivity index (χ1v) is 11.6. The van der Waals surface area contributed by atoms with Crippen molar-refractivity contribution in [1.82, 2.24) is 9.62 Å². The second-order valence-corrected chi connectivity index (χ2v) is 9.93. The van der Waals surface area contributed by atoms with Gasteiger partial charge in [-0.25, -0.2) is 17.9 Å². The number of nitrogens with zero attached hydrogens (tertiary/aromatic N) is 1. The van der Waals surface area contributed by atoms with Crippen molar-refractivity contribution < 1.29 is 14.6 Å². The van der Waals surface area contributed by atoms with E-state index in [2.05, 4.69) is 16.1 Å². The molecule has 0 spiro atoms. The van der Waals surface area contributed by atoms with Gasteiger partial charge in [-0.2, -0.15) is 0 Å². The van der Waals surface area contributed by atoms with Crippen LogP contribution in [0.4, 0.5) is 10.5 Å². The Morgan fingerprint density at radius 2 is 1.86 bits per heavy atom. The fourth-order valence-corrected chi connectivity index (χ4v) is 5.59. The minimum absolute atomic E-state index is 0.124. The van der Waals surface area contributed by atoms with Crippen molar-refractivity contribution in [2.45, 2.75) is 63.8 Å². The summed E-state index contributed by atoms with van der Waals surface area (Å²) < 4.78 is 34.7. The zero-order valence-electron chi connectivity index (χ0n) is 17.4. The molecule has 1 aromatic carbocycles. The zero-order chi connectivity index (χ0) is 20.6. The molecule has 1 fully saturated rings. The van der Waals surface area contributed by atoms with Crippen LogP contribution in [-0.2, 0) is 35.7 Å². The first kappa shape index (κ1) is 18.2. The number of fused-ring (bicyclic) bond motifs is 2. The van der Waals surface area contributed by atoms with Crippen LogP contribution in [0.1, 0.15) is 56.2 Å². The number of benzene rings is 1. The van der Waals surface area contributed by atoms with Gasteiger partial charge in [0, 0.05) is 18.0 Å². The highest BCUT2D eigenvalue weighted by Gasteiger charge is 2.32. The van der Waals surface area contributed by atoms with E-state index in [1.807, 2.05) is 11.8 Å². The van der Waals surface area contributed by atoms with Crippen molar-refractivity contribution in [1.29, 1.82) is 0 Å². The maximum Gasteiger partial charge on any atom is 0.333 e. The van der Waals surface area contributed by atoms with Crippen LogP contribution in [0.15, 0.2) is 17.6 Å². The molecular formula is C21H29N3O3S. The molecule has 0 unspecified atom stereocenters. The van der Waals surface area contributed by atoms with E-state index in [9.17, 15) is 13.2 Å². The van der Waals surface area contributed by atoms with Crippen LogP contribution in [0, 0.1) is 0 Å². The van der Waals surface area contributed by atoms with Crippen molar-refractivity contribution >= 4 is 21.7 Å². The maximum atomic E-state index is 12.5. The Balaban J connectivity index is 1.49. The SMILES string of the molecule is [2H]CN1CCC[C@@]1(C)/C=C/S(=O)(=O)NC(=O)Nc1c2c(cc3c1CCC3)CCC2. The number of anilines is 1. The van der Waals surface area contributed by atoms with Crippen molar-refractivity contribution in [3.05, 3.63) is 39.8 Å². The highest BCUT2D eigenvalue weighted by Crippen LogP contribution is 2.38. The summed E-state index contributed by atoms with van der Waals surface area (Å²) in [5, 5.41) is 3.92. The van der Waals surface area contributed by atoms with Gasteiger partial charge in [0.05, 0.1) is 0 Å². The van der Waals surface area contributed by atoms with Crippen LogP contribution < -0.4 is 10.0 Å². The molecule has 28 heavy (non-hydrogen) atoms. The fraction of sp³-hybridized carbons (Fsp3) is 0.571. The van der Waals surface area contributed by atoms with Crippen LogP contribution in [0.5, 0.6) is 0 Å². The fourth-order valence-electron chi connectivity index (χ4n) is 4.74. The normalized spacial score (nSPS) is 25.0. The molecule has 6 nitrogen and oxygen atoms in total. The number of likely N-dealkylation sites (N-methyl/N-ethyl adjacent to an activating group) is 1. The van der Waals surface area contributed by atoms with Gasteiger partial charge in [0.1, 0.15) is 0 Å². The lowest BCUT2D eigenvalue weighted by molar-refractivity contribution is 0.251. The second-order valence-electron chi connectivity index (χ2n) is 8.36. The Morgan fingerprint density at radius 1 is 1.18 bits per heavy atom. The van der Waals surface area contributed by atoms with E-state index in [0.717, 1.165) is 69.0 Å². The van der Waals surface area contributed by atoms with Crippen LogP contribution in [0.25, 0.3) is 0 Å². The Hall–Kier alpha value is -1.86. The van der Waals surface area contributed by atoms with E-state index in [1.165, 1.54) is 22.3 Å². The average molecular weight is 405 g/mol. The molecule has 0 aromatic heterocycles. The molecule has 3 aliphatic rings. The number of nitrogens with one attached hydrogen (secondary N) is 2. The quantitative estimate of drug-likeness (QED) is 0.808. The summed E-state index contributed by atoms with van der Waals surface area (Å²) in [5.74, 6) is 0. The van der Waals surface area contributed by atoms with E-state index >= 15 is 0 Å².